The van der Waals surface area contributed by atoms with Gasteiger partial charge in [-0.3, -0.25) is 0 Å². The standard InChI is InChI=1S/C14H20OS3/c1-8-9(2)13(17-7-18-16)10(3)11-6-14(4,5)15-12(8)11/h16H,6-7H2,1-5H3. The Hall–Kier alpha value is 0.0700. The van der Waals surface area contributed by atoms with Crippen LogP contribution in [0.1, 0.15) is 36.1 Å². The van der Waals surface area contributed by atoms with Gasteiger partial charge >= 0.3 is 0 Å². The van der Waals surface area contributed by atoms with E-state index in [2.05, 4.69) is 46.3 Å². The molecule has 2 rings (SSSR count). The molecule has 0 saturated carbocycles. The summed E-state index contributed by atoms with van der Waals surface area (Å²) in [5.74, 6) is 1.12. The maximum absolute atomic E-state index is 6.12. The second-order valence-corrected chi connectivity index (χ2v) is 8.11. The minimum atomic E-state index is -0.0636. The lowest BCUT2D eigenvalue weighted by Crippen LogP contribution is -2.24. The van der Waals surface area contributed by atoms with Crippen molar-refractivity contribution < 1.29 is 4.74 Å². The maximum atomic E-state index is 6.12. The van der Waals surface area contributed by atoms with E-state index in [9.17, 15) is 0 Å². The molecule has 18 heavy (non-hydrogen) atoms. The van der Waals surface area contributed by atoms with Crippen molar-refractivity contribution in [3.8, 4) is 5.75 Å². The first-order valence-electron chi connectivity index (χ1n) is 6.08. The molecular weight excluding hydrogens is 280 g/mol. The molecule has 0 unspecified atom stereocenters. The number of fused-ring (bicyclic) bond motifs is 1. The third-order valence-electron chi connectivity index (χ3n) is 3.55. The number of rotatable bonds is 3. The highest BCUT2D eigenvalue weighted by atomic mass is 33.1. The van der Waals surface area contributed by atoms with E-state index in [1.807, 2.05) is 11.8 Å². The third kappa shape index (κ3) is 2.52. The SMILES string of the molecule is Cc1c(C)c(SCSS)c(C)c2c1OC(C)(C)C2. The molecule has 0 atom stereocenters. The second-order valence-electron chi connectivity index (χ2n) is 5.44. The van der Waals surface area contributed by atoms with Crippen molar-refractivity contribution in [3.63, 3.8) is 0 Å². The molecule has 0 aliphatic carbocycles. The fraction of sp³-hybridized carbons (Fsp3) is 0.571. The normalized spacial score (nSPS) is 16.6. The molecule has 0 N–H and O–H groups in total. The summed E-state index contributed by atoms with van der Waals surface area (Å²) in [6, 6.07) is 0. The smallest absolute Gasteiger partial charge is 0.126 e. The van der Waals surface area contributed by atoms with E-state index in [0.717, 1.165) is 17.3 Å². The zero-order chi connectivity index (χ0) is 13.5. The summed E-state index contributed by atoms with van der Waals surface area (Å²) < 4.78 is 6.12. The van der Waals surface area contributed by atoms with Crippen LogP contribution in [0.2, 0.25) is 0 Å². The van der Waals surface area contributed by atoms with Gasteiger partial charge in [-0.05, 0) is 51.3 Å². The summed E-state index contributed by atoms with van der Waals surface area (Å²) in [5, 5.41) is 0.979. The van der Waals surface area contributed by atoms with Gasteiger partial charge in [0.15, 0.2) is 0 Å². The number of hydrogen-bond acceptors (Lipinski definition) is 4. The summed E-state index contributed by atoms with van der Waals surface area (Å²) in [5.41, 5.74) is 5.39. The van der Waals surface area contributed by atoms with Crippen molar-refractivity contribution >= 4 is 34.2 Å². The van der Waals surface area contributed by atoms with Gasteiger partial charge in [0.05, 0.1) is 5.08 Å². The summed E-state index contributed by atoms with van der Waals surface area (Å²) >= 11 is 6.11. The number of thiol groups is 1. The van der Waals surface area contributed by atoms with Crippen LogP contribution in [0.15, 0.2) is 4.90 Å². The van der Waals surface area contributed by atoms with Crippen LogP contribution in [-0.2, 0) is 6.42 Å². The molecule has 1 heterocycles. The Balaban J connectivity index is 2.51. The summed E-state index contributed by atoms with van der Waals surface area (Å²) in [7, 11) is 1.58. The van der Waals surface area contributed by atoms with Crippen LogP contribution in [0.4, 0.5) is 0 Å². The van der Waals surface area contributed by atoms with Crippen molar-refractivity contribution in [2.75, 3.05) is 5.08 Å². The number of hydrogen-bond donors (Lipinski definition) is 1. The summed E-state index contributed by atoms with van der Waals surface area (Å²) in [4.78, 5) is 1.41. The first-order chi connectivity index (χ1) is 8.37. The molecule has 1 nitrogen and oxygen atoms in total. The summed E-state index contributed by atoms with van der Waals surface area (Å²) in [6.45, 7) is 10.9. The van der Waals surface area contributed by atoms with Gasteiger partial charge in [0.25, 0.3) is 0 Å². The van der Waals surface area contributed by atoms with Gasteiger partial charge in [0.2, 0.25) is 0 Å². The predicted molar refractivity (Wildman–Crippen MR) is 86.4 cm³/mol. The minimum Gasteiger partial charge on any atom is -0.487 e. The number of ether oxygens (including phenoxy) is 1. The molecule has 0 spiro atoms. The first-order valence-corrected chi connectivity index (χ1v) is 9.10. The Bertz CT molecular complexity index is 481. The van der Waals surface area contributed by atoms with E-state index < -0.39 is 0 Å². The van der Waals surface area contributed by atoms with Crippen LogP contribution in [0.3, 0.4) is 0 Å². The van der Waals surface area contributed by atoms with Gasteiger partial charge in [-0.25, -0.2) is 0 Å². The number of benzene rings is 1. The average molecular weight is 301 g/mol. The molecule has 0 bridgehead atoms. The highest BCUT2D eigenvalue weighted by Gasteiger charge is 2.34. The predicted octanol–water partition coefficient (Wildman–Crippen LogP) is 4.95. The largest absolute Gasteiger partial charge is 0.487 e. The molecule has 1 aromatic carbocycles. The zero-order valence-electron chi connectivity index (χ0n) is 11.6. The van der Waals surface area contributed by atoms with Crippen LogP contribution in [0.5, 0.6) is 5.75 Å². The lowest BCUT2D eigenvalue weighted by molar-refractivity contribution is 0.137. The maximum Gasteiger partial charge on any atom is 0.126 e. The van der Waals surface area contributed by atoms with E-state index in [0.29, 0.717) is 0 Å². The fourth-order valence-electron chi connectivity index (χ4n) is 2.55. The molecule has 0 saturated heterocycles. The van der Waals surface area contributed by atoms with Crippen LogP contribution < -0.4 is 4.74 Å². The van der Waals surface area contributed by atoms with Gasteiger partial charge in [-0.2, -0.15) is 0 Å². The van der Waals surface area contributed by atoms with E-state index in [4.69, 9.17) is 4.74 Å². The second kappa shape index (κ2) is 5.22. The molecule has 1 aromatic rings. The highest BCUT2D eigenvalue weighted by Crippen LogP contribution is 2.45. The molecule has 0 radical (unpaired) electrons. The van der Waals surface area contributed by atoms with Crippen LogP contribution in [0.25, 0.3) is 0 Å². The Morgan fingerprint density at radius 2 is 1.83 bits per heavy atom. The van der Waals surface area contributed by atoms with Gasteiger partial charge in [0, 0.05) is 16.9 Å². The van der Waals surface area contributed by atoms with E-state index in [-0.39, 0.29) is 5.60 Å². The van der Waals surface area contributed by atoms with Crippen LogP contribution >= 0.6 is 34.2 Å². The molecule has 100 valence electrons. The number of thioether (sulfide) groups is 1. The van der Waals surface area contributed by atoms with Gasteiger partial charge in [0.1, 0.15) is 11.4 Å². The first kappa shape index (κ1) is 14.5. The van der Waals surface area contributed by atoms with Crippen LogP contribution in [0, 0.1) is 20.8 Å². The molecular formula is C14H20OS3. The minimum absolute atomic E-state index is 0.0636. The van der Waals surface area contributed by atoms with Gasteiger partial charge < -0.3 is 4.74 Å². The molecule has 4 heteroatoms. The Morgan fingerprint density at radius 3 is 2.44 bits per heavy atom. The Morgan fingerprint density at radius 1 is 1.17 bits per heavy atom. The van der Waals surface area contributed by atoms with Crippen molar-refractivity contribution in [1.29, 1.82) is 0 Å². The molecule has 0 amide bonds. The van der Waals surface area contributed by atoms with Crippen molar-refractivity contribution in [3.05, 3.63) is 22.3 Å². The van der Waals surface area contributed by atoms with Crippen molar-refractivity contribution in [2.45, 2.75) is 51.5 Å². The highest BCUT2D eigenvalue weighted by molar-refractivity contribution is 8.70. The van der Waals surface area contributed by atoms with Gasteiger partial charge in [-0.15, -0.1) is 23.4 Å². The van der Waals surface area contributed by atoms with E-state index in [1.165, 1.54) is 27.1 Å². The Labute approximate surface area is 123 Å². The van der Waals surface area contributed by atoms with Gasteiger partial charge in [-0.1, -0.05) is 10.8 Å². The molecule has 1 aliphatic heterocycles. The van der Waals surface area contributed by atoms with Crippen LogP contribution in [-0.4, -0.2) is 10.7 Å². The molecule has 0 aromatic heterocycles. The lowest BCUT2D eigenvalue weighted by Gasteiger charge is -2.18. The van der Waals surface area contributed by atoms with Crippen molar-refractivity contribution in [1.82, 2.24) is 0 Å². The van der Waals surface area contributed by atoms with E-state index in [1.54, 1.807) is 10.8 Å². The topological polar surface area (TPSA) is 9.23 Å². The molecule has 1 aliphatic rings. The Kier molecular flexibility index (Phi) is 4.20. The zero-order valence-corrected chi connectivity index (χ0v) is 14.1. The van der Waals surface area contributed by atoms with Crippen molar-refractivity contribution in [2.24, 2.45) is 0 Å². The average Bonchev–Trinajstić information content (AvgIpc) is 2.63. The fourth-order valence-corrected chi connectivity index (χ4v) is 4.41. The monoisotopic (exact) mass is 300 g/mol. The summed E-state index contributed by atoms with van der Waals surface area (Å²) in [6.07, 6.45) is 1.01. The lowest BCUT2D eigenvalue weighted by atomic mass is 9.94. The third-order valence-corrected chi connectivity index (χ3v) is 6.29. The van der Waals surface area contributed by atoms with E-state index >= 15 is 0 Å². The quantitative estimate of drug-likeness (QED) is 0.366. The molecule has 0 fully saturated rings.